The molecular formula is C29H41Cl3N6O4Si. The van der Waals surface area contributed by atoms with E-state index in [2.05, 4.69) is 45.5 Å². The van der Waals surface area contributed by atoms with Crippen molar-refractivity contribution in [1.82, 2.24) is 25.2 Å². The first-order chi connectivity index (χ1) is 19.8. The highest BCUT2D eigenvalue weighted by Crippen LogP contribution is 2.34. The fourth-order valence-electron chi connectivity index (χ4n) is 4.64. The highest BCUT2D eigenvalue weighted by atomic mass is 35.5. The molecule has 0 saturated carbocycles. The van der Waals surface area contributed by atoms with Crippen LogP contribution in [0.5, 0.6) is 0 Å². The third kappa shape index (κ3) is 9.28. The van der Waals surface area contributed by atoms with E-state index in [0.29, 0.717) is 24.6 Å². The van der Waals surface area contributed by atoms with Crippen molar-refractivity contribution in [2.45, 2.75) is 96.2 Å². The Balaban J connectivity index is 1.81. The van der Waals surface area contributed by atoms with Gasteiger partial charge in [0.1, 0.15) is 39.4 Å². The molecule has 0 radical (unpaired) electrons. The average Bonchev–Trinajstić information content (AvgIpc) is 3.45. The van der Waals surface area contributed by atoms with Crippen LogP contribution in [0.3, 0.4) is 0 Å². The van der Waals surface area contributed by atoms with Crippen LogP contribution >= 0.6 is 34.8 Å². The minimum Gasteiger partial charge on any atom is -0.364 e. The predicted molar refractivity (Wildman–Crippen MR) is 174 cm³/mol. The lowest BCUT2D eigenvalue weighted by molar-refractivity contribution is -0.121. The van der Waals surface area contributed by atoms with Crippen molar-refractivity contribution in [3.8, 4) is 11.1 Å². The molecule has 0 unspecified atom stereocenters. The lowest BCUT2D eigenvalue weighted by atomic mass is 9.93. The van der Waals surface area contributed by atoms with Crippen molar-refractivity contribution < 1.29 is 18.8 Å². The molecule has 0 fully saturated rings. The summed E-state index contributed by atoms with van der Waals surface area (Å²) in [5.41, 5.74) is 2.34. The highest BCUT2D eigenvalue weighted by molar-refractivity contribution is 6.76. The molecule has 43 heavy (non-hydrogen) atoms. The van der Waals surface area contributed by atoms with Crippen molar-refractivity contribution >= 4 is 60.5 Å². The van der Waals surface area contributed by atoms with Crippen molar-refractivity contribution in [2.24, 2.45) is 0 Å². The smallest absolute Gasteiger partial charge is 0.257 e. The molecule has 2 amide bonds. The monoisotopic (exact) mass is 670 g/mol. The second-order valence-corrected chi connectivity index (χ2v) is 20.5. The molecule has 3 rings (SSSR count). The van der Waals surface area contributed by atoms with Crippen LogP contribution in [-0.4, -0.2) is 56.3 Å². The van der Waals surface area contributed by atoms with Gasteiger partial charge in [-0.15, -0.1) is 23.2 Å². The van der Waals surface area contributed by atoms with E-state index < -0.39 is 29.8 Å². The number of alkyl halides is 2. The minimum absolute atomic E-state index is 0.0716. The van der Waals surface area contributed by atoms with Gasteiger partial charge in [0, 0.05) is 37.9 Å². The van der Waals surface area contributed by atoms with Crippen LogP contribution in [0.2, 0.25) is 30.8 Å². The van der Waals surface area contributed by atoms with Crippen LogP contribution in [0.25, 0.3) is 11.1 Å². The van der Waals surface area contributed by atoms with E-state index in [1.807, 2.05) is 32.4 Å². The molecule has 1 atom stereocenters. The van der Waals surface area contributed by atoms with Gasteiger partial charge in [-0.1, -0.05) is 50.2 Å². The van der Waals surface area contributed by atoms with Crippen molar-refractivity contribution in [2.75, 3.05) is 11.9 Å². The summed E-state index contributed by atoms with van der Waals surface area (Å²) < 4.78 is 11.4. The molecule has 0 aromatic carbocycles. The summed E-state index contributed by atoms with van der Waals surface area (Å²) in [5, 5.41) is 14.2. The Kier molecular flexibility index (Phi) is 11.2. The summed E-state index contributed by atoms with van der Waals surface area (Å²) in [6, 6.07) is 4.48. The van der Waals surface area contributed by atoms with Gasteiger partial charge in [-0.05, 0) is 51.8 Å². The van der Waals surface area contributed by atoms with Gasteiger partial charge in [-0.3, -0.25) is 9.59 Å². The van der Waals surface area contributed by atoms with E-state index in [-0.39, 0.29) is 28.9 Å². The average molecular weight is 672 g/mol. The number of aryl methyl sites for hydroxylation is 1. The number of aromatic nitrogens is 4. The summed E-state index contributed by atoms with van der Waals surface area (Å²) in [4.78, 5) is 31.2. The summed E-state index contributed by atoms with van der Waals surface area (Å²) in [6.07, 6.45) is 1.14. The number of carbonyl (C=O) groups is 2. The van der Waals surface area contributed by atoms with Crippen molar-refractivity contribution in [3.05, 3.63) is 46.2 Å². The number of halogens is 3. The van der Waals surface area contributed by atoms with Gasteiger partial charge in [0.05, 0.1) is 11.4 Å². The van der Waals surface area contributed by atoms with Gasteiger partial charge in [-0.25, -0.2) is 9.67 Å². The standard InChI is InChI=1S/C29H41Cl3N6O4Si/c1-17(2)24-21(14-42-37-24)26(39)35-28(5,15-29(6,31)32)27(40)34-22-11-10-20(25(30)33-22)23-18(3)36-38(19(23)4)16-41-12-13-43(7,8)9/h10-11,14,17H,12-13,15-16H2,1-9H3,(H,35,39)(H,33,34,40)/t28-/m0/s1. The molecule has 0 aliphatic heterocycles. The number of rotatable bonds is 13. The van der Waals surface area contributed by atoms with E-state index in [1.165, 1.54) is 13.2 Å². The van der Waals surface area contributed by atoms with Crippen molar-refractivity contribution in [1.29, 1.82) is 0 Å². The maximum atomic E-state index is 13.6. The Morgan fingerprint density at radius 1 is 1.16 bits per heavy atom. The lowest BCUT2D eigenvalue weighted by Crippen LogP contribution is -2.56. The molecular weight excluding hydrogens is 631 g/mol. The number of hydrogen-bond acceptors (Lipinski definition) is 7. The molecule has 0 aliphatic rings. The van der Waals surface area contributed by atoms with Gasteiger partial charge >= 0.3 is 0 Å². The number of amides is 2. The molecule has 3 heterocycles. The van der Waals surface area contributed by atoms with Gasteiger partial charge in [0.2, 0.25) is 0 Å². The minimum atomic E-state index is -1.53. The second kappa shape index (κ2) is 13.7. The Morgan fingerprint density at radius 2 is 1.84 bits per heavy atom. The zero-order chi connectivity index (χ0) is 32.3. The number of hydrogen-bond donors (Lipinski definition) is 2. The molecule has 2 N–H and O–H groups in total. The first-order valence-electron chi connectivity index (χ1n) is 14.1. The molecule has 0 saturated heterocycles. The summed E-state index contributed by atoms with van der Waals surface area (Å²) in [6.45, 7) is 18.6. The Morgan fingerprint density at radius 3 is 2.42 bits per heavy atom. The largest absolute Gasteiger partial charge is 0.364 e. The number of nitrogens with one attached hydrogen (secondary N) is 2. The number of pyridine rings is 1. The second-order valence-electron chi connectivity index (χ2n) is 12.7. The van der Waals surface area contributed by atoms with Gasteiger partial charge in [0.25, 0.3) is 11.8 Å². The van der Waals surface area contributed by atoms with Gasteiger partial charge in [-0.2, -0.15) is 5.10 Å². The van der Waals surface area contributed by atoms with E-state index in [4.69, 9.17) is 44.1 Å². The zero-order valence-electron chi connectivity index (χ0n) is 26.2. The lowest BCUT2D eigenvalue weighted by Gasteiger charge is -2.33. The molecule has 0 spiro atoms. The summed E-state index contributed by atoms with van der Waals surface area (Å²) in [7, 11) is -1.19. The van der Waals surface area contributed by atoms with Crippen LogP contribution < -0.4 is 10.6 Å². The molecule has 0 bridgehead atoms. The molecule has 236 valence electrons. The van der Waals surface area contributed by atoms with Crippen LogP contribution in [0.4, 0.5) is 5.82 Å². The quantitative estimate of drug-likeness (QED) is 0.0843. The molecule has 3 aromatic rings. The summed E-state index contributed by atoms with van der Waals surface area (Å²) in [5.74, 6) is -1.01. The number of anilines is 1. The van der Waals surface area contributed by atoms with Crippen LogP contribution in [0, 0.1) is 13.8 Å². The SMILES string of the molecule is Cc1nn(COCC[Si](C)(C)C)c(C)c1-c1ccc(NC(=O)[C@](C)(CC(C)(Cl)Cl)NC(=O)c2conc2C(C)C)nc1Cl. The first-order valence-corrected chi connectivity index (χ1v) is 18.9. The third-order valence-corrected chi connectivity index (χ3v) is 9.15. The fraction of sp³-hybridized carbons (Fsp3) is 0.552. The van der Waals surface area contributed by atoms with Crippen LogP contribution in [-0.2, 0) is 16.3 Å². The highest BCUT2D eigenvalue weighted by Gasteiger charge is 2.42. The molecule has 3 aromatic heterocycles. The van der Waals surface area contributed by atoms with Crippen molar-refractivity contribution in [3.63, 3.8) is 0 Å². The Hall–Kier alpha value is -2.44. The maximum Gasteiger partial charge on any atom is 0.257 e. The predicted octanol–water partition coefficient (Wildman–Crippen LogP) is 7.35. The third-order valence-electron chi connectivity index (χ3n) is 6.89. The van der Waals surface area contributed by atoms with Crippen LogP contribution in [0.1, 0.15) is 67.5 Å². The number of carbonyl (C=O) groups excluding carboxylic acids is 2. The van der Waals surface area contributed by atoms with E-state index in [9.17, 15) is 9.59 Å². The topological polar surface area (TPSA) is 124 Å². The maximum absolute atomic E-state index is 13.6. The normalized spacial score (nSPS) is 13.7. The molecule has 0 aliphatic carbocycles. The van der Waals surface area contributed by atoms with Gasteiger partial charge in [0.15, 0.2) is 0 Å². The zero-order valence-corrected chi connectivity index (χ0v) is 29.5. The van der Waals surface area contributed by atoms with E-state index in [1.54, 1.807) is 19.1 Å². The molecule has 14 heteroatoms. The van der Waals surface area contributed by atoms with E-state index in [0.717, 1.165) is 23.0 Å². The Labute approximate surface area is 269 Å². The number of ether oxygens (including phenoxy) is 1. The molecule has 10 nitrogen and oxygen atoms in total. The summed E-state index contributed by atoms with van der Waals surface area (Å²) >= 11 is 19.3. The van der Waals surface area contributed by atoms with E-state index >= 15 is 0 Å². The first kappa shape index (κ1) is 35.0. The fourth-order valence-corrected chi connectivity index (χ4v) is 6.18. The van der Waals surface area contributed by atoms with Gasteiger partial charge < -0.3 is 19.9 Å². The number of nitrogens with zero attached hydrogens (tertiary/aromatic N) is 4. The van der Waals surface area contributed by atoms with Crippen LogP contribution in [0.15, 0.2) is 22.9 Å². The Bertz CT molecular complexity index is 1460.